The van der Waals surface area contributed by atoms with Crippen molar-refractivity contribution in [3.8, 4) is 0 Å². The summed E-state index contributed by atoms with van der Waals surface area (Å²) in [4.78, 5) is 17.7. The first-order valence-corrected chi connectivity index (χ1v) is 8.20. The summed E-state index contributed by atoms with van der Waals surface area (Å²) in [6.45, 7) is 7.33. The molecule has 0 radical (unpaired) electrons. The molecule has 22 heavy (non-hydrogen) atoms. The van der Waals surface area contributed by atoms with E-state index in [4.69, 9.17) is 4.74 Å². The Morgan fingerprint density at radius 3 is 2.32 bits per heavy atom. The van der Waals surface area contributed by atoms with Crippen molar-refractivity contribution in [3.63, 3.8) is 0 Å². The average Bonchev–Trinajstić information content (AvgIpc) is 2.57. The van der Waals surface area contributed by atoms with E-state index in [1.54, 1.807) is 0 Å². The lowest BCUT2D eigenvalue weighted by Gasteiger charge is -2.38. The van der Waals surface area contributed by atoms with Crippen LogP contribution in [0.5, 0.6) is 0 Å². The summed E-state index contributed by atoms with van der Waals surface area (Å²) in [5, 5.41) is 0. The molecule has 1 aromatic carbocycles. The van der Waals surface area contributed by atoms with Crippen LogP contribution in [0.1, 0.15) is 37.0 Å². The number of carbonyl (C=O) groups is 1. The number of para-hydroxylation sites is 1. The molecule has 4 nitrogen and oxygen atoms in total. The van der Waals surface area contributed by atoms with Gasteiger partial charge in [0.05, 0.1) is 18.8 Å². The highest BCUT2D eigenvalue weighted by Crippen LogP contribution is 2.31. The molecule has 0 unspecified atom stereocenters. The molecule has 1 heterocycles. The number of hydrogen-bond donors (Lipinski definition) is 0. The summed E-state index contributed by atoms with van der Waals surface area (Å²) in [6.07, 6.45) is 1.62. The lowest BCUT2D eigenvalue weighted by molar-refractivity contribution is 0.0656. The quantitative estimate of drug-likeness (QED) is 0.757. The van der Waals surface area contributed by atoms with Crippen molar-refractivity contribution in [1.82, 2.24) is 4.90 Å². The molecule has 0 N–H and O–H groups in total. The van der Waals surface area contributed by atoms with Gasteiger partial charge >= 0.3 is 0 Å². The number of ether oxygens (including phenoxy) is 1. The van der Waals surface area contributed by atoms with Gasteiger partial charge in [-0.1, -0.05) is 26.0 Å². The van der Waals surface area contributed by atoms with E-state index in [1.165, 1.54) is 0 Å². The Balaban J connectivity index is 2.41. The molecule has 1 aliphatic rings. The van der Waals surface area contributed by atoms with Gasteiger partial charge in [-0.15, -0.1) is 0 Å². The maximum Gasteiger partial charge on any atom is 0.185 e. The minimum atomic E-state index is -0.428. The maximum atomic E-state index is 13.3. The molecule has 0 saturated carbocycles. The van der Waals surface area contributed by atoms with Crippen LogP contribution in [-0.4, -0.2) is 56.6 Å². The minimum absolute atomic E-state index is 0.226. The van der Waals surface area contributed by atoms with E-state index in [0.717, 1.165) is 50.4 Å². The number of nitrogens with zero attached hydrogens (tertiary/aromatic N) is 2. The molecule has 1 aromatic rings. The first-order chi connectivity index (χ1) is 10.6. The Morgan fingerprint density at radius 1 is 1.18 bits per heavy atom. The second-order valence-electron chi connectivity index (χ2n) is 6.08. The van der Waals surface area contributed by atoms with E-state index in [2.05, 4.69) is 29.7 Å². The molecule has 0 amide bonds. The van der Waals surface area contributed by atoms with Crippen LogP contribution in [-0.2, 0) is 4.74 Å². The van der Waals surface area contributed by atoms with Crippen LogP contribution in [0.15, 0.2) is 24.3 Å². The van der Waals surface area contributed by atoms with Crippen molar-refractivity contribution >= 4 is 11.5 Å². The molecule has 0 bridgehead atoms. The molecule has 122 valence electrons. The third-order valence-corrected chi connectivity index (χ3v) is 4.95. The highest BCUT2D eigenvalue weighted by Gasteiger charge is 2.39. The number of anilines is 1. The van der Waals surface area contributed by atoms with Crippen LogP contribution >= 0.6 is 0 Å². The van der Waals surface area contributed by atoms with Gasteiger partial charge in [0.25, 0.3) is 0 Å². The van der Waals surface area contributed by atoms with E-state index in [1.807, 2.05) is 32.3 Å². The van der Waals surface area contributed by atoms with Gasteiger partial charge < -0.3 is 9.64 Å². The highest BCUT2D eigenvalue weighted by molar-refractivity contribution is 6.07. The fourth-order valence-electron chi connectivity index (χ4n) is 3.40. The smallest absolute Gasteiger partial charge is 0.185 e. The van der Waals surface area contributed by atoms with Crippen molar-refractivity contribution in [2.45, 2.75) is 32.2 Å². The Labute approximate surface area is 134 Å². The van der Waals surface area contributed by atoms with Crippen LogP contribution in [0, 0.1) is 0 Å². The molecule has 2 rings (SSSR count). The van der Waals surface area contributed by atoms with Crippen molar-refractivity contribution in [2.24, 2.45) is 0 Å². The van der Waals surface area contributed by atoms with Gasteiger partial charge in [0.1, 0.15) is 0 Å². The predicted molar refractivity (Wildman–Crippen MR) is 90.8 cm³/mol. The van der Waals surface area contributed by atoms with Crippen molar-refractivity contribution in [2.75, 3.05) is 45.3 Å². The fourth-order valence-corrected chi connectivity index (χ4v) is 3.40. The molecule has 1 saturated heterocycles. The normalized spacial score (nSPS) is 16.1. The largest absolute Gasteiger partial charge is 0.378 e. The second kappa shape index (κ2) is 7.25. The van der Waals surface area contributed by atoms with Gasteiger partial charge in [-0.2, -0.15) is 0 Å². The zero-order chi connectivity index (χ0) is 16.2. The summed E-state index contributed by atoms with van der Waals surface area (Å²) in [6, 6.07) is 8.00. The third-order valence-electron chi connectivity index (χ3n) is 4.95. The standard InChI is InChI=1S/C18H28N2O2/c1-5-18(6-2,19(3)4)17(21)15-9-7-8-10-16(15)20-11-13-22-14-12-20/h7-10H,5-6,11-14H2,1-4H3. The van der Waals surface area contributed by atoms with Gasteiger partial charge in [0, 0.05) is 24.3 Å². The Kier molecular flexibility index (Phi) is 5.59. The molecule has 0 aromatic heterocycles. The number of benzene rings is 1. The second-order valence-corrected chi connectivity index (χ2v) is 6.08. The van der Waals surface area contributed by atoms with Crippen LogP contribution in [0.4, 0.5) is 5.69 Å². The van der Waals surface area contributed by atoms with Crippen molar-refractivity contribution < 1.29 is 9.53 Å². The summed E-state index contributed by atoms with van der Waals surface area (Å²) in [7, 11) is 4.00. The first kappa shape index (κ1) is 17.0. The number of hydrogen-bond acceptors (Lipinski definition) is 4. The Bertz CT molecular complexity index is 504. The Hall–Kier alpha value is -1.39. The predicted octanol–water partition coefficient (Wildman–Crippen LogP) is 2.83. The molecule has 0 atom stereocenters. The monoisotopic (exact) mass is 304 g/mol. The lowest BCUT2D eigenvalue weighted by atomic mass is 9.82. The first-order valence-electron chi connectivity index (χ1n) is 8.20. The summed E-state index contributed by atoms with van der Waals surface area (Å²) < 4.78 is 5.43. The fraction of sp³-hybridized carbons (Fsp3) is 0.611. The van der Waals surface area contributed by atoms with E-state index < -0.39 is 5.54 Å². The molecule has 1 fully saturated rings. The SMILES string of the molecule is CCC(CC)(C(=O)c1ccccc1N1CCOCC1)N(C)C. The zero-order valence-corrected chi connectivity index (χ0v) is 14.3. The van der Waals surface area contributed by atoms with Crippen molar-refractivity contribution in [1.29, 1.82) is 0 Å². The molecule has 1 aliphatic heterocycles. The van der Waals surface area contributed by atoms with E-state index in [-0.39, 0.29) is 5.78 Å². The molecular formula is C18H28N2O2. The number of rotatable bonds is 6. The molecule has 0 spiro atoms. The van der Waals surface area contributed by atoms with Crippen LogP contribution < -0.4 is 4.90 Å². The lowest BCUT2D eigenvalue weighted by Crippen LogP contribution is -2.50. The number of morpholine rings is 1. The topological polar surface area (TPSA) is 32.8 Å². The van der Waals surface area contributed by atoms with Gasteiger partial charge in [-0.3, -0.25) is 9.69 Å². The van der Waals surface area contributed by atoms with E-state index >= 15 is 0 Å². The van der Waals surface area contributed by atoms with Crippen LogP contribution in [0.25, 0.3) is 0 Å². The third kappa shape index (κ3) is 3.03. The highest BCUT2D eigenvalue weighted by atomic mass is 16.5. The van der Waals surface area contributed by atoms with Crippen LogP contribution in [0.3, 0.4) is 0 Å². The van der Waals surface area contributed by atoms with Gasteiger partial charge in [0.15, 0.2) is 5.78 Å². The number of ketones is 1. The maximum absolute atomic E-state index is 13.3. The van der Waals surface area contributed by atoms with Gasteiger partial charge in [-0.05, 0) is 39.1 Å². The summed E-state index contributed by atoms with van der Waals surface area (Å²) in [5.74, 6) is 0.226. The minimum Gasteiger partial charge on any atom is -0.378 e. The average molecular weight is 304 g/mol. The Morgan fingerprint density at radius 2 is 1.77 bits per heavy atom. The summed E-state index contributed by atoms with van der Waals surface area (Å²) in [5.41, 5.74) is 1.45. The van der Waals surface area contributed by atoms with Gasteiger partial charge in [0.2, 0.25) is 0 Å². The van der Waals surface area contributed by atoms with Crippen LogP contribution in [0.2, 0.25) is 0 Å². The zero-order valence-electron chi connectivity index (χ0n) is 14.3. The van der Waals surface area contributed by atoms with E-state index in [0.29, 0.717) is 0 Å². The van der Waals surface area contributed by atoms with Gasteiger partial charge in [-0.25, -0.2) is 0 Å². The number of Topliss-reactive ketones (excluding diaryl/α,β-unsaturated/α-hetero) is 1. The van der Waals surface area contributed by atoms with Crippen molar-refractivity contribution in [3.05, 3.63) is 29.8 Å². The molecule has 4 heteroatoms. The number of carbonyl (C=O) groups excluding carboxylic acids is 1. The summed E-state index contributed by atoms with van der Waals surface area (Å²) >= 11 is 0. The molecular weight excluding hydrogens is 276 g/mol. The number of likely N-dealkylation sites (N-methyl/N-ethyl adjacent to an activating group) is 1. The molecule has 0 aliphatic carbocycles. The van der Waals surface area contributed by atoms with E-state index in [9.17, 15) is 4.79 Å².